The SMILES string of the molecule is CC(=O)c1cc(C(=O)NCC[C@@H]2CCCCN2S(C)(=O)=O)cs1. The van der Waals surface area contributed by atoms with Crippen molar-refractivity contribution in [3.8, 4) is 0 Å². The lowest BCUT2D eigenvalue weighted by atomic mass is 10.0. The monoisotopic (exact) mass is 358 g/mol. The zero-order valence-electron chi connectivity index (χ0n) is 13.4. The number of rotatable bonds is 6. The molecule has 2 heterocycles. The number of sulfonamides is 1. The van der Waals surface area contributed by atoms with Crippen LogP contribution in [0.15, 0.2) is 11.4 Å². The average molecular weight is 358 g/mol. The Labute approximate surface area is 140 Å². The maximum atomic E-state index is 12.1. The highest BCUT2D eigenvalue weighted by atomic mass is 32.2. The van der Waals surface area contributed by atoms with Gasteiger partial charge in [-0.1, -0.05) is 6.42 Å². The molecule has 1 saturated heterocycles. The Kier molecular flexibility index (Phi) is 5.94. The van der Waals surface area contributed by atoms with Gasteiger partial charge in [-0.25, -0.2) is 8.42 Å². The van der Waals surface area contributed by atoms with Crippen LogP contribution in [0.2, 0.25) is 0 Å². The Balaban J connectivity index is 1.87. The maximum Gasteiger partial charge on any atom is 0.252 e. The second kappa shape index (κ2) is 7.55. The van der Waals surface area contributed by atoms with E-state index in [1.54, 1.807) is 15.8 Å². The van der Waals surface area contributed by atoms with Gasteiger partial charge in [0.25, 0.3) is 5.91 Å². The second-order valence-electron chi connectivity index (χ2n) is 5.82. The molecule has 1 amide bonds. The van der Waals surface area contributed by atoms with Crippen molar-refractivity contribution in [1.82, 2.24) is 9.62 Å². The Morgan fingerprint density at radius 3 is 2.74 bits per heavy atom. The first-order chi connectivity index (χ1) is 10.8. The molecule has 0 saturated carbocycles. The minimum Gasteiger partial charge on any atom is -0.352 e. The van der Waals surface area contributed by atoms with E-state index in [0.717, 1.165) is 19.3 Å². The molecule has 0 radical (unpaired) electrons. The van der Waals surface area contributed by atoms with Gasteiger partial charge in [0, 0.05) is 24.5 Å². The number of ketones is 1. The van der Waals surface area contributed by atoms with Crippen molar-refractivity contribution in [2.24, 2.45) is 0 Å². The number of thiophene rings is 1. The zero-order chi connectivity index (χ0) is 17.0. The van der Waals surface area contributed by atoms with Crippen molar-refractivity contribution in [2.45, 2.75) is 38.6 Å². The number of carbonyl (C=O) groups is 2. The summed E-state index contributed by atoms with van der Waals surface area (Å²) in [6.07, 6.45) is 4.56. The number of piperidine rings is 1. The lowest BCUT2D eigenvalue weighted by Crippen LogP contribution is -2.44. The summed E-state index contributed by atoms with van der Waals surface area (Å²) in [5.74, 6) is -0.282. The van der Waals surface area contributed by atoms with Crippen LogP contribution in [0, 0.1) is 0 Å². The van der Waals surface area contributed by atoms with E-state index in [0.29, 0.717) is 30.0 Å². The van der Waals surface area contributed by atoms with Gasteiger partial charge in [-0.3, -0.25) is 9.59 Å². The van der Waals surface area contributed by atoms with Crippen LogP contribution in [0.4, 0.5) is 0 Å². The highest BCUT2D eigenvalue weighted by molar-refractivity contribution is 7.88. The molecule has 6 nitrogen and oxygen atoms in total. The first-order valence-electron chi connectivity index (χ1n) is 7.63. The van der Waals surface area contributed by atoms with Gasteiger partial charge in [0.05, 0.1) is 16.7 Å². The summed E-state index contributed by atoms with van der Waals surface area (Å²) in [5, 5.41) is 4.47. The van der Waals surface area contributed by atoms with Gasteiger partial charge in [0.15, 0.2) is 5.78 Å². The minimum atomic E-state index is -3.20. The summed E-state index contributed by atoms with van der Waals surface area (Å²) >= 11 is 1.25. The third kappa shape index (κ3) is 4.86. The predicted octanol–water partition coefficient (Wildman–Crippen LogP) is 1.88. The standard InChI is InChI=1S/C15H22N2O4S2/c1-11(18)14-9-12(10-22-14)15(19)16-7-6-13-5-3-4-8-17(13)23(2,20)21/h9-10,13H,3-8H2,1-2H3,(H,16,19)/t13-/m0/s1. The summed E-state index contributed by atoms with van der Waals surface area (Å²) in [6, 6.07) is 1.54. The van der Waals surface area contributed by atoms with Gasteiger partial charge < -0.3 is 5.32 Å². The molecular formula is C15H22N2O4S2. The molecule has 0 bridgehead atoms. The third-order valence-electron chi connectivity index (χ3n) is 3.97. The van der Waals surface area contributed by atoms with E-state index >= 15 is 0 Å². The first kappa shape index (κ1) is 18.1. The van der Waals surface area contributed by atoms with Gasteiger partial charge in [0.2, 0.25) is 10.0 Å². The Morgan fingerprint density at radius 2 is 2.13 bits per heavy atom. The van der Waals surface area contributed by atoms with Crippen LogP contribution in [0.1, 0.15) is 52.6 Å². The van der Waals surface area contributed by atoms with E-state index in [2.05, 4.69) is 5.32 Å². The number of nitrogens with one attached hydrogen (secondary N) is 1. The van der Waals surface area contributed by atoms with Gasteiger partial charge >= 0.3 is 0 Å². The van der Waals surface area contributed by atoms with Crippen molar-refractivity contribution < 1.29 is 18.0 Å². The van der Waals surface area contributed by atoms with Crippen LogP contribution in [0.3, 0.4) is 0 Å². The maximum absolute atomic E-state index is 12.1. The van der Waals surface area contributed by atoms with Crippen LogP contribution in [-0.2, 0) is 10.0 Å². The number of nitrogens with zero attached hydrogens (tertiary/aromatic N) is 1. The molecule has 1 aromatic heterocycles. The Hall–Kier alpha value is -1.25. The number of Topliss-reactive ketones (excluding diaryl/α,β-unsaturated/α-hetero) is 1. The van der Waals surface area contributed by atoms with E-state index in [4.69, 9.17) is 0 Å². The Morgan fingerprint density at radius 1 is 1.39 bits per heavy atom. The molecule has 1 N–H and O–H groups in total. The van der Waals surface area contributed by atoms with Crippen molar-refractivity contribution in [2.75, 3.05) is 19.3 Å². The molecule has 23 heavy (non-hydrogen) atoms. The summed E-state index contributed by atoms with van der Waals surface area (Å²) < 4.78 is 25.1. The van der Waals surface area contributed by atoms with Gasteiger partial charge in [-0.2, -0.15) is 4.31 Å². The number of hydrogen-bond donors (Lipinski definition) is 1. The minimum absolute atomic E-state index is 0.0469. The Bertz CT molecular complexity index is 681. The average Bonchev–Trinajstić information content (AvgIpc) is 2.96. The summed E-state index contributed by atoms with van der Waals surface area (Å²) in [6.45, 7) is 2.45. The van der Waals surface area contributed by atoms with E-state index in [1.807, 2.05) is 0 Å². The molecule has 0 spiro atoms. The molecule has 1 atom stereocenters. The third-order valence-corrected chi connectivity index (χ3v) is 6.33. The fraction of sp³-hybridized carbons (Fsp3) is 0.600. The van der Waals surface area contributed by atoms with Crippen molar-refractivity contribution in [1.29, 1.82) is 0 Å². The van der Waals surface area contributed by atoms with Gasteiger partial charge in [0.1, 0.15) is 0 Å². The zero-order valence-corrected chi connectivity index (χ0v) is 15.0. The van der Waals surface area contributed by atoms with Crippen molar-refractivity contribution in [3.05, 3.63) is 21.9 Å². The molecular weight excluding hydrogens is 336 g/mol. The molecule has 1 aromatic rings. The van der Waals surface area contributed by atoms with Crippen LogP contribution < -0.4 is 5.32 Å². The highest BCUT2D eigenvalue weighted by Gasteiger charge is 2.28. The smallest absolute Gasteiger partial charge is 0.252 e. The van der Waals surface area contributed by atoms with Crippen LogP contribution in [0.25, 0.3) is 0 Å². The molecule has 1 aliphatic rings. The van der Waals surface area contributed by atoms with E-state index in [1.165, 1.54) is 24.5 Å². The first-order valence-corrected chi connectivity index (χ1v) is 10.4. The molecule has 2 rings (SSSR count). The second-order valence-corrected chi connectivity index (χ2v) is 8.67. The van der Waals surface area contributed by atoms with E-state index in [-0.39, 0.29) is 17.7 Å². The summed E-state index contributed by atoms with van der Waals surface area (Å²) in [5.41, 5.74) is 0.476. The number of carbonyl (C=O) groups excluding carboxylic acids is 2. The largest absolute Gasteiger partial charge is 0.352 e. The fourth-order valence-electron chi connectivity index (χ4n) is 2.79. The van der Waals surface area contributed by atoms with E-state index in [9.17, 15) is 18.0 Å². The van der Waals surface area contributed by atoms with Gasteiger partial charge in [-0.15, -0.1) is 11.3 Å². The molecule has 128 valence electrons. The number of amides is 1. The molecule has 0 unspecified atom stereocenters. The molecule has 8 heteroatoms. The van der Waals surface area contributed by atoms with Crippen molar-refractivity contribution >= 4 is 33.1 Å². The lowest BCUT2D eigenvalue weighted by Gasteiger charge is -2.33. The molecule has 1 fully saturated rings. The predicted molar refractivity (Wildman–Crippen MR) is 90.5 cm³/mol. The topological polar surface area (TPSA) is 83.6 Å². The van der Waals surface area contributed by atoms with Crippen LogP contribution >= 0.6 is 11.3 Å². The summed E-state index contributed by atoms with van der Waals surface area (Å²) in [4.78, 5) is 23.9. The fourth-order valence-corrected chi connectivity index (χ4v) is 4.80. The van der Waals surface area contributed by atoms with E-state index < -0.39 is 10.0 Å². The number of hydrogen-bond acceptors (Lipinski definition) is 5. The highest BCUT2D eigenvalue weighted by Crippen LogP contribution is 2.22. The molecule has 0 aliphatic carbocycles. The molecule has 0 aromatic carbocycles. The van der Waals surface area contributed by atoms with Gasteiger partial charge in [-0.05, 0) is 32.3 Å². The summed E-state index contributed by atoms with van der Waals surface area (Å²) in [7, 11) is -3.20. The van der Waals surface area contributed by atoms with Crippen molar-refractivity contribution in [3.63, 3.8) is 0 Å². The van der Waals surface area contributed by atoms with Crippen LogP contribution in [-0.4, -0.2) is 49.8 Å². The lowest BCUT2D eigenvalue weighted by molar-refractivity contribution is 0.0950. The normalized spacial score (nSPS) is 19.5. The van der Waals surface area contributed by atoms with Crippen LogP contribution in [0.5, 0.6) is 0 Å². The quantitative estimate of drug-likeness (QED) is 0.787. The molecule has 1 aliphatic heterocycles.